The second-order valence-electron chi connectivity index (χ2n) is 6.17. The van der Waals surface area contributed by atoms with Crippen molar-refractivity contribution in [3.8, 4) is 0 Å². The topological polar surface area (TPSA) is 61.7 Å². The molecule has 0 aliphatic carbocycles. The smallest absolute Gasteiger partial charge is 0.225 e. The molecule has 122 valence electrons. The molecule has 3 rings (SSSR count). The summed E-state index contributed by atoms with van der Waals surface area (Å²) in [5.41, 5.74) is 1.17. The molecular weight excluding hydrogens is 280 g/mol. The van der Waals surface area contributed by atoms with Crippen LogP contribution in [0.5, 0.6) is 0 Å². The van der Waals surface area contributed by atoms with Crippen LogP contribution in [-0.4, -0.2) is 72.0 Å². The second-order valence-corrected chi connectivity index (χ2v) is 6.17. The monoisotopic (exact) mass is 306 g/mol. The number of hydrogen-bond acceptors (Lipinski definition) is 6. The van der Waals surface area contributed by atoms with Gasteiger partial charge in [0.15, 0.2) is 0 Å². The van der Waals surface area contributed by atoms with Crippen LogP contribution >= 0.6 is 0 Å². The highest BCUT2D eigenvalue weighted by molar-refractivity contribution is 5.30. The summed E-state index contributed by atoms with van der Waals surface area (Å²) < 4.78 is 6.06. The third-order valence-electron chi connectivity index (χ3n) is 4.73. The largest absolute Gasteiger partial charge is 0.395 e. The molecule has 2 atom stereocenters. The lowest BCUT2D eigenvalue weighted by atomic mass is 9.93. The third-order valence-corrected chi connectivity index (χ3v) is 4.73. The summed E-state index contributed by atoms with van der Waals surface area (Å²) in [4.78, 5) is 13.6. The van der Waals surface area contributed by atoms with Crippen LogP contribution in [0.25, 0.3) is 0 Å². The maximum atomic E-state index is 9.10. The van der Waals surface area contributed by atoms with Gasteiger partial charge in [-0.1, -0.05) is 6.92 Å². The normalized spacial score (nSPS) is 26.5. The van der Waals surface area contributed by atoms with Crippen LogP contribution in [0.15, 0.2) is 12.4 Å². The molecule has 2 aliphatic rings. The van der Waals surface area contributed by atoms with Gasteiger partial charge in [0.2, 0.25) is 5.95 Å². The molecule has 1 aromatic heterocycles. The standard InChI is InChI=1S/C16H26N4O2/c1-2-13-9-17-16(18-10-13)20-6-8-22-15-12-19(5-7-21)4-3-14(15)11-20/h9-10,14-15,21H,2-8,11-12H2,1H3/t14-,15-/m0/s1. The lowest BCUT2D eigenvalue weighted by molar-refractivity contribution is -0.0247. The lowest BCUT2D eigenvalue weighted by Gasteiger charge is -2.37. The van der Waals surface area contributed by atoms with Crippen molar-refractivity contribution in [1.29, 1.82) is 0 Å². The molecule has 2 aliphatic heterocycles. The van der Waals surface area contributed by atoms with E-state index in [4.69, 9.17) is 9.84 Å². The van der Waals surface area contributed by atoms with Crippen LogP contribution < -0.4 is 4.90 Å². The molecule has 6 nitrogen and oxygen atoms in total. The molecule has 1 aromatic rings. The van der Waals surface area contributed by atoms with E-state index < -0.39 is 0 Å². The Balaban J connectivity index is 1.64. The predicted molar refractivity (Wildman–Crippen MR) is 85.0 cm³/mol. The van der Waals surface area contributed by atoms with Gasteiger partial charge in [0, 0.05) is 44.5 Å². The van der Waals surface area contributed by atoms with Crippen molar-refractivity contribution in [3.05, 3.63) is 18.0 Å². The van der Waals surface area contributed by atoms with Crippen LogP contribution in [-0.2, 0) is 11.2 Å². The van der Waals surface area contributed by atoms with E-state index in [1.54, 1.807) is 0 Å². The van der Waals surface area contributed by atoms with E-state index in [0.717, 1.165) is 51.5 Å². The average molecular weight is 306 g/mol. The number of aromatic nitrogens is 2. The first-order chi connectivity index (χ1) is 10.8. The molecule has 0 aromatic carbocycles. The van der Waals surface area contributed by atoms with Crippen LogP contribution in [0, 0.1) is 5.92 Å². The van der Waals surface area contributed by atoms with Gasteiger partial charge in [0.1, 0.15) is 0 Å². The Morgan fingerprint density at radius 3 is 2.82 bits per heavy atom. The molecule has 0 saturated carbocycles. The Labute approximate surface area is 132 Å². The molecule has 0 spiro atoms. The number of rotatable bonds is 4. The number of β-amino-alcohol motifs (C(OH)–C–C–N with tert-alkyl or cyclic N) is 1. The van der Waals surface area contributed by atoms with Gasteiger partial charge in [-0.25, -0.2) is 9.97 Å². The number of aliphatic hydroxyl groups is 1. The van der Waals surface area contributed by atoms with Gasteiger partial charge < -0.3 is 14.7 Å². The Bertz CT molecular complexity index is 468. The van der Waals surface area contributed by atoms with Gasteiger partial charge in [-0.05, 0) is 24.9 Å². The number of anilines is 1. The first-order valence-electron chi connectivity index (χ1n) is 8.31. The Hall–Kier alpha value is -1.24. The number of fused-ring (bicyclic) bond motifs is 1. The molecule has 1 N–H and O–H groups in total. The summed E-state index contributed by atoms with van der Waals surface area (Å²) in [6.45, 7) is 7.57. The maximum Gasteiger partial charge on any atom is 0.225 e. The quantitative estimate of drug-likeness (QED) is 0.877. The van der Waals surface area contributed by atoms with Gasteiger partial charge in [-0.2, -0.15) is 0 Å². The van der Waals surface area contributed by atoms with E-state index in [9.17, 15) is 0 Å². The number of piperidine rings is 1. The number of ether oxygens (including phenoxy) is 1. The van der Waals surface area contributed by atoms with Crippen molar-refractivity contribution in [3.63, 3.8) is 0 Å². The first kappa shape index (κ1) is 15.6. The van der Waals surface area contributed by atoms with E-state index >= 15 is 0 Å². The van der Waals surface area contributed by atoms with Crippen molar-refractivity contribution in [1.82, 2.24) is 14.9 Å². The lowest BCUT2D eigenvalue weighted by Crippen LogP contribution is -2.47. The molecule has 0 amide bonds. The average Bonchev–Trinajstić information content (AvgIpc) is 2.77. The minimum atomic E-state index is 0.223. The molecule has 22 heavy (non-hydrogen) atoms. The van der Waals surface area contributed by atoms with Gasteiger partial charge in [-0.15, -0.1) is 0 Å². The van der Waals surface area contributed by atoms with Crippen molar-refractivity contribution < 1.29 is 9.84 Å². The van der Waals surface area contributed by atoms with Gasteiger partial charge >= 0.3 is 0 Å². The fourth-order valence-corrected chi connectivity index (χ4v) is 3.34. The predicted octanol–water partition coefficient (Wildman–Crippen LogP) is 0.558. The summed E-state index contributed by atoms with van der Waals surface area (Å²) >= 11 is 0. The van der Waals surface area contributed by atoms with Crippen molar-refractivity contribution in [2.75, 3.05) is 50.8 Å². The minimum Gasteiger partial charge on any atom is -0.395 e. The van der Waals surface area contributed by atoms with Crippen LogP contribution in [0.1, 0.15) is 18.9 Å². The molecule has 0 bridgehead atoms. The van der Waals surface area contributed by atoms with E-state index in [1.165, 1.54) is 5.56 Å². The Morgan fingerprint density at radius 1 is 1.27 bits per heavy atom. The van der Waals surface area contributed by atoms with Gasteiger partial charge in [0.05, 0.1) is 19.3 Å². The highest BCUT2D eigenvalue weighted by Gasteiger charge is 2.33. The highest BCUT2D eigenvalue weighted by Crippen LogP contribution is 2.25. The fraction of sp³-hybridized carbons (Fsp3) is 0.750. The van der Waals surface area contributed by atoms with Crippen molar-refractivity contribution in [2.24, 2.45) is 5.92 Å². The van der Waals surface area contributed by atoms with E-state index in [2.05, 4.69) is 26.7 Å². The first-order valence-corrected chi connectivity index (χ1v) is 8.31. The van der Waals surface area contributed by atoms with Gasteiger partial charge in [-0.3, -0.25) is 4.90 Å². The number of hydrogen-bond donors (Lipinski definition) is 1. The maximum absolute atomic E-state index is 9.10. The second kappa shape index (κ2) is 7.35. The molecule has 0 radical (unpaired) electrons. The zero-order valence-corrected chi connectivity index (χ0v) is 13.3. The van der Waals surface area contributed by atoms with E-state index in [-0.39, 0.29) is 12.7 Å². The van der Waals surface area contributed by atoms with Gasteiger partial charge in [0.25, 0.3) is 0 Å². The molecule has 3 heterocycles. The zero-order valence-electron chi connectivity index (χ0n) is 13.3. The van der Waals surface area contributed by atoms with Crippen molar-refractivity contribution in [2.45, 2.75) is 25.9 Å². The Morgan fingerprint density at radius 2 is 2.09 bits per heavy atom. The fourth-order valence-electron chi connectivity index (χ4n) is 3.34. The zero-order chi connectivity index (χ0) is 15.4. The number of aryl methyl sites for hydroxylation is 1. The molecule has 6 heteroatoms. The summed E-state index contributed by atoms with van der Waals surface area (Å²) in [5, 5.41) is 9.10. The third kappa shape index (κ3) is 3.56. The molecule has 2 fully saturated rings. The number of likely N-dealkylation sites (tertiary alicyclic amines) is 1. The summed E-state index contributed by atoms with van der Waals surface area (Å²) in [6.07, 6.45) is 6.19. The van der Waals surface area contributed by atoms with E-state index in [0.29, 0.717) is 12.5 Å². The van der Waals surface area contributed by atoms with Crippen LogP contribution in [0.2, 0.25) is 0 Å². The molecule has 0 unspecified atom stereocenters. The molecular formula is C16H26N4O2. The number of nitrogens with zero attached hydrogens (tertiary/aromatic N) is 4. The SMILES string of the molecule is CCc1cnc(N2CCO[C@H]3CN(CCO)CC[C@H]3C2)nc1. The van der Waals surface area contributed by atoms with Crippen molar-refractivity contribution >= 4 is 5.95 Å². The highest BCUT2D eigenvalue weighted by atomic mass is 16.5. The summed E-state index contributed by atoms with van der Waals surface area (Å²) in [7, 11) is 0. The van der Waals surface area contributed by atoms with Crippen LogP contribution in [0.4, 0.5) is 5.95 Å². The van der Waals surface area contributed by atoms with Crippen LogP contribution in [0.3, 0.4) is 0 Å². The summed E-state index contributed by atoms with van der Waals surface area (Å²) in [5.74, 6) is 1.34. The summed E-state index contributed by atoms with van der Waals surface area (Å²) in [6, 6.07) is 0. The Kier molecular flexibility index (Phi) is 5.23. The van der Waals surface area contributed by atoms with E-state index in [1.807, 2.05) is 12.4 Å². The number of aliphatic hydroxyl groups excluding tert-OH is 1. The molecule has 2 saturated heterocycles. The minimum absolute atomic E-state index is 0.223.